The van der Waals surface area contributed by atoms with E-state index in [0.717, 1.165) is 37.7 Å². The van der Waals surface area contributed by atoms with E-state index in [1.807, 2.05) is 4.90 Å². The van der Waals surface area contributed by atoms with Gasteiger partial charge in [-0.05, 0) is 12.8 Å². The summed E-state index contributed by atoms with van der Waals surface area (Å²) in [5.41, 5.74) is 0.583. The zero-order valence-corrected chi connectivity index (χ0v) is 9.81. The fraction of sp³-hybridized carbons (Fsp3) is 0.545. The second-order valence-electron chi connectivity index (χ2n) is 4.24. The van der Waals surface area contributed by atoms with E-state index in [1.54, 1.807) is 11.2 Å². The molecule has 0 saturated carbocycles. The second kappa shape index (κ2) is 3.87. The van der Waals surface area contributed by atoms with Crippen molar-refractivity contribution in [2.45, 2.75) is 19.8 Å². The van der Waals surface area contributed by atoms with Gasteiger partial charge in [0.2, 0.25) is 5.96 Å². The van der Waals surface area contributed by atoms with Crippen molar-refractivity contribution < 1.29 is 4.79 Å². The molecule has 3 rings (SSSR count). The van der Waals surface area contributed by atoms with E-state index in [-0.39, 0.29) is 5.91 Å². The van der Waals surface area contributed by atoms with Gasteiger partial charge in [0.25, 0.3) is 5.91 Å². The number of carbonyl (C=O) groups is 1. The molecule has 0 unspecified atom stereocenters. The number of nitrogens with zero attached hydrogens (tertiary/aromatic N) is 4. The molecule has 0 saturated heterocycles. The van der Waals surface area contributed by atoms with Crippen molar-refractivity contribution >= 4 is 17.7 Å². The zero-order valence-electron chi connectivity index (χ0n) is 9.81. The maximum absolute atomic E-state index is 12.3. The molecule has 2 aliphatic heterocycles. The summed E-state index contributed by atoms with van der Waals surface area (Å²) in [5.74, 6) is 1.47. The summed E-state index contributed by atoms with van der Waals surface area (Å²) in [6.45, 7) is 4.43. The average molecular weight is 233 g/mol. The molecule has 0 aromatic carbocycles. The van der Waals surface area contributed by atoms with Gasteiger partial charge in [0.05, 0.1) is 6.33 Å². The molecule has 1 amide bonds. The van der Waals surface area contributed by atoms with Crippen LogP contribution in [0.1, 0.15) is 30.3 Å². The Kier molecular flexibility index (Phi) is 2.35. The van der Waals surface area contributed by atoms with Crippen molar-refractivity contribution in [3.05, 3.63) is 12.0 Å². The molecule has 0 radical (unpaired) electrons. The Balaban J connectivity index is 2.09. The molecule has 0 atom stereocenters. The number of amides is 1. The van der Waals surface area contributed by atoms with Crippen LogP contribution in [-0.2, 0) is 0 Å². The Hall–Kier alpha value is -1.85. The molecule has 6 nitrogen and oxygen atoms in total. The van der Waals surface area contributed by atoms with Crippen molar-refractivity contribution in [3.63, 3.8) is 0 Å². The number of nitrogens with one attached hydrogen (secondary N) is 1. The molecule has 17 heavy (non-hydrogen) atoms. The van der Waals surface area contributed by atoms with Gasteiger partial charge in [-0.15, -0.1) is 0 Å². The van der Waals surface area contributed by atoms with Crippen molar-refractivity contribution in [1.82, 2.24) is 14.9 Å². The van der Waals surface area contributed by atoms with E-state index in [9.17, 15) is 4.79 Å². The van der Waals surface area contributed by atoms with Crippen LogP contribution in [-0.4, -0.2) is 46.4 Å². The van der Waals surface area contributed by atoms with Crippen molar-refractivity contribution in [3.8, 4) is 0 Å². The standard InChI is InChI=1S/C11H15N5O/c1-2-5-16-10(17)8-9(14-7-13-8)15-6-3-4-12-11(15)16/h7H,2-6H2,1H3,(H,13,14). The Morgan fingerprint density at radius 2 is 2.41 bits per heavy atom. The third-order valence-corrected chi connectivity index (χ3v) is 3.06. The summed E-state index contributed by atoms with van der Waals surface area (Å²) in [5, 5.41) is 0. The molecule has 1 aromatic rings. The van der Waals surface area contributed by atoms with Gasteiger partial charge in [-0.3, -0.25) is 19.6 Å². The van der Waals surface area contributed by atoms with E-state index in [0.29, 0.717) is 12.2 Å². The molecule has 0 fully saturated rings. The molecule has 90 valence electrons. The van der Waals surface area contributed by atoms with Crippen LogP contribution in [0.2, 0.25) is 0 Å². The molecule has 1 aromatic heterocycles. The molecule has 0 spiro atoms. The van der Waals surface area contributed by atoms with E-state index < -0.39 is 0 Å². The first-order valence-corrected chi connectivity index (χ1v) is 6.00. The lowest BCUT2D eigenvalue weighted by atomic mass is 10.2. The highest BCUT2D eigenvalue weighted by Gasteiger charge is 2.37. The van der Waals surface area contributed by atoms with Gasteiger partial charge in [0, 0.05) is 19.6 Å². The van der Waals surface area contributed by atoms with Crippen LogP contribution in [0, 0.1) is 0 Å². The van der Waals surface area contributed by atoms with E-state index >= 15 is 0 Å². The van der Waals surface area contributed by atoms with Crippen molar-refractivity contribution in [2.24, 2.45) is 4.99 Å². The normalized spacial score (nSPS) is 18.9. The number of H-pyrrole nitrogens is 1. The minimum absolute atomic E-state index is 0.0174. The molecular weight excluding hydrogens is 218 g/mol. The molecule has 0 aliphatic carbocycles. The number of rotatable bonds is 2. The Labute approximate surface area is 99.3 Å². The largest absolute Gasteiger partial charge is 0.339 e. The lowest BCUT2D eigenvalue weighted by Gasteiger charge is -2.38. The Morgan fingerprint density at radius 3 is 3.24 bits per heavy atom. The van der Waals surface area contributed by atoms with Gasteiger partial charge < -0.3 is 4.98 Å². The lowest BCUT2D eigenvalue weighted by Crippen LogP contribution is -2.54. The van der Waals surface area contributed by atoms with Gasteiger partial charge in [-0.1, -0.05) is 6.92 Å². The molecule has 2 aliphatic rings. The monoisotopic (exact) mass is 233 g/mol. The van der Waals surface area contributed by atoms with E-state index in [1.165, 1.54) is 0 Å². The molecule has 1 N–H and O–H groups in total. The number of aliphatic imine (C=N–C) groups is 1. The fourth-order valence-corrected chi connectivity index (χ4v) is 2.32. The van der Waals surface area contributed by atoms with Crippen LogP contribution in [0.15, 0.2) is 11.3 Å². The Morgan fingerprint density at radius 1 is 1.53 bits per heavy atom. The summed E-state index contributed by atoms with van der Waals surface area (Å²) in [4.78, 5) is 27.7. The Bertz CT molecular complexity index is 478. The number of aromatic amines is 1. The maximum Gasteiger partial charge on any atom is 0.280 e. The van der Waals surface area contributed by atoms with Crippen LogP contribution in [0.4, 0.5) is 5.82 Å². The number of anilines is 1. The van der Waals surface area contributed by atoms with Gasteiger partial charge in [0.1, 0.15) is 5.69 Å². The highest BCUT2D eigenvalue weighted by Crippen LogP contribution is 2.27. The van der Waals surface area contributed by atoms with E-state index in [2.05, 4.69) is 21.9 Å². The summed E-state index contributed by atoms with van der Waals surface area (Å²) < 4.78 is 0. The number of imidazole rings is 1. The van der Waals surface area contributed by atoms with Crippen molar-refractivity contribution in [1.29, 1.82) is 0 Å². The minimum Gasteiger partial charge on any atom is -0.339 e. The number of fused-ring (bicyclic) bond motifs is 3. The highest BCUT2D eigenvalue weighted by atomic mass is 16.2. The zero-order chi connectivity index (χ0) is 11.8. The summed E-state index contributed by atoms with van der Waals surface area (Å²) in [7, 11) is 0. The first-order valence-electron chi connectivity index (χ1n) is 6.00. The first kappa shape index (κ1) is 10.3. The maximum atomic E-state index is 12.3. The first-order chi connectivity index (χ1) is 8.33. The number of hydrogen-bond donors (Lipinski definition) is 1. The van der Waals surface area contributed by atoms with Crippen molar-refractivity contribution in [2.75, 3.05) is 24.5 Å². The van der Waals surface area contributed by atoms with E-state index in [4.69, 9.17) is 0 Å². The van der Waals surface area contributed by atoms with Gasteiger partial charge in [-0.25, -0.2) is 4.98 Å². The fourth-order valence-electron chi connectivity index (χ4n) is 2.32. The van der Waals surface area contributed by atoms with Crippen LogP contribution in [0.3, 0.4) is 0 Å². The summed E-state index contributed by atoms with van der Waals surface area (Å²) in [6, 6.07) is 0. The highest BCUT2D eigenvalue weighted by molar-refractivity contribution is 6.17. The van der Waals surface area contributed by atoms with Crippen LogP contribution in [0.25, 0.3) is 0 Å². The predicted molar refractivity (Wildman–Crippen MR) is 64.2 cm³/mol. The summed E-state index contributed by atoms with van der Waals surface area (Å²) >= 11 is 0. The van der Waals surface area contributed by atoms with Gasteiger partial charge in [0.15, 0.2) is 5.82 Å². The number of carbonyl (C=O) groups excluding carboxylic acids is 1. The van der Waals surface area contributed by atoms with Crippen LogP contribution >= 0.6 is 0 Å². The molecule has 0 bridgehead atoms. The SMILES string of the molecule is CCCN1C(=O)c2[nH]cnc2N2CCCN=C12. The van der Waals surface area contributed by atoms with Crippen LogP contribution in [0.5, 0.6) is 0 Å². The average Bonchev–Trinajstić information content (AvgIpc) is 2.84. The predicted octanol–water partition coefficient (Wildman–Crippen LogP) is 0.842. The quantitative estimate of drug-likeness (QED) is 0.823. The lowest BCUT2D eigenvalue weighted by molar-refractivity contribution is 0.0833. The van der Waals surface area contributed by atoms with Crippen LogP contribution < -0.4 is 4.90 Å². The molecule has 3 heterocycles. The third kappa shape index (κ3) is 1.44. The van der Waals surface area contributed by atoms with Gasteiger partial charge in [-0.2, -0.15) is 0 Å². The number of aromatic nitrogens is 2. The summed E-state index contributed by atoms with van der Waals surface area (Å²) in [6.07, 6.45) is 3.50. The number of hydrogen-bond acceptors (Lipinski definition) is 4. The number of guanidine groups is 1. The third-order valence-electron chi connectivity index (χ3n) is 3.06. The van der Waals surface area contributed by atoms with Gasteiger partial charge >= 0.3 is 0 Å². The smallest absolute Gasteiger partial charge is 0.280 e. The molecular formula is C11H15N5O. The second-order valence-corrected chi connectivity index (χ2v) is 4.24. The topological polar surface area (TPSA) is 64.6 Å². The molecule has 6 heteroatoms. The minimum atomic E-state index is -0.0174.